The number of nitrogens with zero attached hydrogens (tertiary/aromatic N) is 4. The first-order chi connectivity index (χ1) is 7.31. The Bertz CT molecular complexity index is 517. The molecule has 2 heterocycles. The van der Waals surface area contributed by atoms with Crippen molar-refractivity contribution in [3.8, 4) is 17.6 Å². The van der Waals surface area contributed by atoms with Gasteiger partial charge in [0.25, 0.3) is 0 Å². The minimum absolute atomic E-state index is 0.109. The molecule has 0 aromatic carbocycles. The zero-order chi connectivity index (χ0) is 10.7. The summed E-state index contributed by atoms with van der Waals surface area (Å²) in [6, 6.07) is 5.57. The van der Waals surface area contributed by atoms with E-state index in [0.29, 0.717) is 17.4 Å². The second-order valence-corrected chi connectivity index (χ2v) is 3.53. The van der Waals surface area contributed by atoms with Gasteiger partial charge in [-0.25, -0.2) is 0 Å². The average molecular weight is 265 g/mol. The van der Waals surface area contributed by atoms with Crippen LogP contribution in [0.3, 0.4) is 0 Å². The highest BCUT2D eigenvalue weighted by Gasteiger charge is 2.11. The molecule has 0 saturated carbocycles. The summed E-state index contributed by atoms with van der Waals surface area (Å²) in [5.74, 6) is 0.678. The Kier molecular flexibility index (Phi) is 2.74. The van der Waals surface area contributed by atoms with Gasteiger partial charge in [-0.3, -0.25) is 4.98 Å². The van der Waals surface area contributed by atoms with Gasteiger partial charge in [0, 0.05) is 10.7 Å². The van der Waals surface area contributed by atoms with Crippen molar-refractivity contribution >= 4 is 15.9 Å². The molecule has 0 atom stereocenters. The minimum atomic E-state index is 0.109. The number of halogens is 1. The van der Waals surface area contributed by atoms with Crippen molar-refractivity contribution in [1.29, 1.82) is 5.26 Å². The van der Waals surface area contributed by atoms with E-state index in [4.69, 9.17) is 9.78 Å². The zero-order valence-electron chi connectivity index (χ0n) is 7.51. The van der Waals surface area contributed by atoms with Gasteiger partial charge < -0.3 is 4.52 Å². The van der Waals surface area contributed by atoms with Gasteiger partial charge in [-0.15, -0.1) is 0 Å². The molecule has 0 fully saturated rings. The van der Waals surface area contributed by atoms with E-state index in [1.165, 1.54) is 0 Å². The third kappa shape index (κ3) is 2.02. The van der Waals surface area contributed by atoms with Crippen LogP contribution in [0, 0.1) is 11.3 Å². The number of aromatic nitrogens is 3. The molecule has 5 nitrogen and oxygen atoms in total. The Balaban J connectivity index is 2.38. The third-order valence-corrected chi connectivity index (χ3v) is 2.31. The Morgan fingerprint density at radius 1 is 1.53 bits per heavy atom. The van der Waals surface area contributed by atoms with Crippen LogP contribution in [0.5, 0.6) is 0 Å². The first-order valence-corrected chi connectivity index (χ1v) is 4.91. The van der Waals surface area contributed by atoms with E-state index < -0.39 is 0 Å². The molecule has 0 amide bonds. The quantitative estimate of drug-likeness (QED) is 0.829. The molecule has 0 saturated heterocycles. The molecule has 15 heavy (non-hydrogen) atoms. The number of pyridine rings is 1. The lowest BCUT2D eigenvalue weighted by Crippen LogP contribution is -1.87. The smallest absolute Gasteiger partial charge is 0.241 e. The highest BCUT2D eigenvalue weighted by molar-refractivity contribution is 9.10. The van der Waals surface area contributed by atoms with Crippen molar-refractivity contribution in [2.45, 2.75) is 6.42 Å². The zero-order valence-corrected chi connectivity index (χ0v) is 9.10. The van der Waals surface area contributed by atoms with Crippen LogP contribution in [0.25, 0.3) is 11.5 Å². The maximum absolute atomic E-state index is 8.45. The first-order valence-electron chi connectivity index (χ1n) is 4.11. The maximum Gasteiger partial charge on any atom is 0.241 e. The molecule has 0 spiro atoms. The number of rotatable bonds is 2. The van der Waals surface area contributed by atoms with Crippen LogP contribution in [0.1, 0.15) is 5.89 Å². The lowest BCUT2D eigenvalue weighted by atomic mass is 10.3. The van der Waals surface area contributed by atoms with Crippen LogP contribution in [0.2, 0.25) is 0 Å². The largest absolute Gasteiger partial charge is 0.338 e. The van der Waals surface area contributed by atoms with Crippen LogP contribution in [0.4, 0.5) is 0 Å². The molecule has 0 aliphatic carbocycles. The van der Waals surface area contributed by atoms with Crippen LogP contribution in [-0.4, -0.2) is 15.1 Å². The Morgan fingerprint density at radius 3 is 3.13 bits per heavy atom. The lowest BCUT2D eigenvalue weighted by Gasteiger charge is -1.94. The Hall–Kier alpha value is -1.74. The minimum Gasteiger partial charge on any atom is -0.338 e. The molecule has 0 aliphatic heterocycles. The van der Waals surface area contributed by atoms with E-state index in [1.54, 1.807) is 12.3 Å². The molecule has 6 heteroatoms. The summed E-state index contributed by atoms with van der Waals surface area (Å²) in [7, 11) is 0. The van der Waals surface area contributed by atoms with Gasteiger partial charge in [-0.1, -0.05) is 5.16 Å². The van der Waals surface area contributed by atoms with Gasteiger partial charge in [0.2, 0.25) is 11.7 Å². The molecule has 0 radical (unpaired) electrons. The van der Waals surface area contributed by atoms with Crippen LogP contribution < -0.4 is 0 Å². The van der Waals surface area contributed by atoms with Gasteiger partial charge in [0.05, 0.1) is 6.07 Å². The van der Waals surface area contributed by atoms with Crippen molar-refractivity contribution < 1.29 is 4.52 Å². The molecule has 74 valence electrons. The molecule has 0 N–H and O–H groups in total. The summed E-state index contributed by atoms with van der Waals surface area (Å²) >= 11 is 3.33. The van der Waals surface area contributed by atoms with Gasteiger partial charge in [0.15, 0.2) is 0 Å². The maximum atomic E-state index is 8.45. The summed E-state index contributed by atoms with van der Waals surface area (Å²) in [4.78, 5) is 8.15. The van der Waals surface area contributed by atoms with Crippen molar-refractivity contribution in [2.24, 2.45) is 0 Å². The van der Waals surface area contributed by atoms with E-state index in [0.717, 1.165) is 4.47 Å². The predicted molar refractivity (Wildman–Crippen MR) is 54.5 cm³/mol. The van der Waals surface area contributed by atoms with E-state index in [-0.39, 0.29) is 6.42 Å². The van der Waals surface area contributed by atoms with Crippen LogP contribution >= 0.6 is 15.9 Å². The topological polar surface area (TPSA) is 75.6 Å². The van der Waals surface area contributed by atoms with E-state index in [2.05, 4.69) is 31.1 Å². The molecule has 2 aromatic rings. The fourth-order valence-electron chi connectivity index (χ4n) is 1.04. The molecular weight excluding hydrogens is 260 g/mol. The van der Waals surface area contributed by atoms with Gasteiger partial charge in [-0.05, 0) is 28.1 Å². The normalized spacial score (nSPS) is 9.87. The van der Waals surface area contributed by atoms with E-state index >= 15 is 0 Å². The summed E-state index contributed by atoms with van der Waals surface area (Å²) in [5, 5.41) is 12.2. The van der Waals surface area contributed by atoms with Crippen LogP contribution in [-0.2, 0) is 6.42 Å². The molecule has 2 aromatic heterocycles. The Labute approximate surface area is 93.9 Å². The molecule has 0 aliphatic rings. The van der Waals surface area contributed by atoms with Gasteiger partial charge in [-0.2, -0.15) is 10.2 Å². The second kappa shape index (κ2) is 4.19. The third-order valence-electron chi connectivity index (χ3n) is 1.67. The lowest BCUT2D eigenvalue weighted by molar-refractivity contribution is 0.387. The fraction of sp³-hybridized carbons (Fsp3) is 0.111. The summed E-state index contributed by atoms with van der Waals surface area (Å²) in [5.41, 5.74) is 0.602. The second-order valence-electron chi connectivity index (χ2n) is 2.68. The monoisotopic (exact) mass is 264 g/mol. The molecule has 0 bridgehead atoms. The van der Waals surface area contributed by atoms with Crippen molar-refractivity contribution in [3.05, 3.63) is 28.7 Å². The summed E-state index contributed by atoms with van der Waals surface area (Å²) in [6.45, 7) is 0. The molecule has 0 unspecified atom stereocenters. The highest BCUT2D eigenvalue weighted by Crippen LogP contribution is 2.22. The standard InChI is InChI=1S/C9H5BrN4O/c10-6-2-1-5-12-8(6)9-13-7(3-4-11)15-14-9/h1-2,5H,3H2. The van der Waals surface area contributed by atoms with Crippen molar-refractivity contribution in [2.75, 3.05) is 0 Å². The molecular formula is C9H5BrN4O. The van der Waals surface area contributed by atoms with Crippen molar-refractivity contribution in [1.82, 2.24) is 15.1 Å². The summed E-state index contributed by atoms with van der Waals surface area (Å²) < 4.78 is 5.66. The SMILES string of the molecule is N#CCc1nc(-c2ncccc2Br)no1. The van der Waals surface area contributed by atoms with E-state index in [9.17, 15) is 0 Å². The highest BCUT2D eigenvalue weighted by atomic mass is 79.9. The number of nitriles is 1. The number of hydrogen-bond acceptors (Lipinski definition) is 5. The van der Waals surface area contributed by atoms with Crippen LogP contribution in [0.15, 0.2) is 27.3 Å². The number of hydrogen-bond donors (Lipinski definition) is 0. The Morgan fingerprint density at radius 2 is 2.40 bits per heavy atom. The predicted octanol–water partition coefficient (Wildman–Crippen LogP) is 1.96. The summed E-state index contributed by atoms with van der Waals surface area (Å²) in [6.07, 6.45) is 1.75. The van der Waals surface area contributed by atoms with Gasteiger partial charge in [0.1, 0.15) is 12.1 Å². The first kappa shape index (κ1) is 9.80. The molecule has 2 rings (SSSR count). The average Bonchev–Trinajstić information content (AvgIpc) is 2.68. The van der Waals surface area contributed by atoms with Gasteiger partial charge >= 0.3 is 0 Å². The fourth-order valence-corrected chi connectivity index (χ4v) is 1.47. The van der Waals surface area contributed by atoms with E-state index in [1.807, 2.05) is 12.1 Å². The van der Waals surface area contributed by atoms with Crippen molar-refractivity contribution in [3.63, 3.8) is 0 Å².